The van der Waals surface area contributed by atoms with Crippen LogP contribution in [-0.4, -0.2) is 46.9 Å². The van der Waals surface area contributed by atoms with E-state index in [0.717, 1.165) is 23.4 Å². The van der Waals surface area contributed by atoms with Crippen LogP contribution in [0.15, 0.2) is 59.8 Å². The highest BCUT2D eigenvalue weighted by Gasteiger charge is 2.39. The maximum atomic E-state index is 15.3. The van der Waals surface area contributed by atoms with Crippen LogP contribution in [-0.2, 0) is 33.5 Å². The van der Waals surface area contributed by atoms with E-state index in [9.17, 15) is 22.7 Å². The van der Waals surface area contributed by atoms with Gasteiger partial charge in [0.25, 0.3) is 0 Å². The minimum atomic E-state index is -4.10. The van der Waals surface area contributed by atoms with E-state index in [-0.39, 0.29) is 34.5 Å². The Hall–Kier alpha value is -4.78. The molecule has 0 bridgehead atoms. The number of aryl methyl sites for hydroxylation is 2. The Balaban J connectivity index is 1.41. The van der Waals surface area contributed by atoms with Crippen LogP contribution in [0.2, 0.25) is 0 Å². The van der Waals surface area contributed by atoms with Crippen molar-refractivity contribution < 1.29 is 41.0 Å². The van der Waals surface area contributed by atoms with Crippen molar-refractivity contribution in [3.63, 3.8) is 0 Å². The number of nitrogens with one attached hydrogen (secondary N) is 1. The second-order valence-electron chi connectivity index (χ2n) is 11.2. The monoisotopic (exact) mass is 639 g/mol. The van der Waals surface area contributed by atoms with Crippen LogP contribution in [0.25, 0.3) is 22.3 Å². The first kappa shape index (κ1) is 30.3. The molecule has 0 unspecified atom stereocenters. The third-order valence-corrected chi connectivity index (χ3v) is 9.32. The quantitative estimate of drug-likeness (QED) is 0.191. The number of hydrogen-bond donors (Lipinski definition) is 2. The molecule has 45 heavy (non-hydrogen) atoms. The highest BCUT2D eigenvalue weighted by Crippen LogP contribution is 2.46. The number of rotatable bonds is 8. The SMILES string of the molecule is Cn1cc([C@]2(C)CCOc3c(CCC(=O)O)cccc32)nc1-c1cc(Oc2c(F)c(F)c3[nH]ccc3c2S(C)(=O)=O)ccc1F. The number of H-pyrrole nitrogens is 1. The van der Waals surface area contributed by atoms with E-state index < -0.39 is 49.3 Å². The molecule has 1 aliphatic heterocycles. The predicted octanol–water partition coefficient (Wildman–Crippen LogP) is 6.29. The fourth-order valence-electron chi connectivity index (χ4n) is 5.86. The lowest BCUT2D eigenvalue weighted by Crippen LogP contribution is -2.32. The summed E-state index contributed by atoms with van der Waals surface area (Å²) in [5.74, 6) is -4.58. The van der Waals surface area contributed by atoms with Gasteiger partial charge in [-0.2, -0.15) is 4.39 Å². The average molecular weight is 640 g/mol. The van der Waals surface area contributed by atoms with Gasteiger partial charge in [0.1, 0.15) is 28.0 Å². The molecule has 9 nitrogen and oxygen atoms in total. The summed E-state index contributed by atoms with van der Waals surface area (Å²) in [4.78, 5) is 17.9. The summed E-state index contributed by atoms with van der Waals surface area (Å²) in [5, 5.41) is 9.09. The van der Waals surface area contributed by atoms with Crippen LogP contribution in [0.4, 0.5) is 13.2 Å². The number of aromatic nitrogens is 3. The molecule has 0 fully saturated rings. The van der Waals surface area contributed by atoms with E-state index in [4.69, 9.17) is 14.5 Å². The molecule has 0 spiro atoms. The van der Waals surface area contributed by atoms with E-state index >= 15 is 8.78 Å². The lowest BCUT2D eigenvalue weighted by molar-refractivity contribution is -0.136. The summed E-state index contributed by atoms with van der Waals surface area (Å²) in [6, 6.07) is 10.4. The minimum absolute atomic E-state index is 0.0168. The van der Waals surface area contributed by atoms with Gasteiger partial charge in [0, 0.05) is 48.5 Å². The first-order valence-electron chi connectivity index (χ1n) is 14.0. The molecule has 2 aromatic heterocycles. The highest BCUT2D eigenvalue weighted by molar-refractivity contribution is 7.91. The van der Waals surface area contributed by atoms with E-state index in [1.807, 2.05) is 25.1 Å². The first-order valence-corrected chi connectivity index (χ1v) is 15.9. The number of ether oxygens (including phenoxy) is 2. The van der Waals surface area contributed by atoms with Crippen molar-refractivity contribution in [1.82, 2.24) is 14.5 Å². The molecule has 3 aromatic carbocycles. The Morgan fingerprint density at radius 3 is 2.69 bits per heavy atom. The molecule has 234 valence electrons. The zero-order chi connectivity index (χ0) is 32.3. The molecule has 13 heteroatoms. The van der Waals surface area contributed by atoms with Crippen LogP contribution < -0.4 is 9.47 Å². The van der Waals surface area contributed by atoms with Gasteiger partial charge >= 0.3 is 5.97 Å². The maximum absolute atomic E-state index is 15.3. The van der Waals surface area contributed by atoms with Gasteiger partial charge < -0.3 is 24.1 Å². The summed E-state index contributed by atoms with van der Waals surface area (Å²) in [5.41, 5.74) is 1.20. The van der Waals surface area contributed by atoms with Crippen LogP contribution in [0.1, 0.15) is 36.6 Å². The number of sulfone groups is 1. The fourth-order valence-corrected chi connectivity index (χ4v) is 6.89. The number of hydrogen-bond acceptors (Lipinski definition) is 6. The number of para-hydroxylation sites is 1. The number of halogens is 3. The highest BCUT2D eigenvalue weighted by atomic mass is 32.2. The number of aliphatic carboxylic acids is 1. The fraction of sp³-hybridized carbons (Fsp3) is 0.250. The van der Waals surface area contributed by atoms with Crippen molar-refractivity contribution in [2.45, 2.75) is 36.5 Å². The molecule has 0 amide bonds. The van der Waals surface area contributed by atoms with Crippen molar-refractivity contribution in [1.29, 1.82) is 0 Å². The van der Waals surface area contributed by atoms with Gasteiger partial charge in [-0.3, -0.25) is 4.79 Å². The number of benzene rings is 3. The van der Waals surface area contributed by atoms with Gasteiger partial charge in [0.2, 0.25) is 5.82 Å². The van der Waals surface area contributed by atoms with Crippen LogP contribution >= 0.6 is 0 Å². The van der Waals surface area contributed by atoms with Gasteiger partial charge in [-0.1, -0.05) is 18.2 Å². The molecule has 1 aliphatic rings. The second-order valence-corrected chi connectivity index (χ2v) is 13.2. The molecular weight excluding hydrogens is 611 g/mol. The Morgan fingerprint density at radius 2 is 1.96 bits per heavy atom. The largest absolute Gasteiger partial charge is 0.493 e. The smallest absolute Gasteiger partial charge is 0.303 e. The van der Waals surface area contributed by atoms with Crippen LogP contribution in [0.5, 0.6) is 17.2 Å². The minimum Gasteiger partial charge on any atom is -0.493 e. The van der Waals surface area contributed by atoms with Crippen molar-refractivity contribution in [2.75, 3.05) is 12.9 Å². The van der Waals surface area contributed by atoms with Crippen molar-refractivity contribution >= 4 is 26.7 Å². The molecule has 1 atom stereocenters. The third-order valence-electron chi connectivity index (χ3n) is 8.17. The summed E-state index contributed by atoms with van der Waals surface area (Å²) >= 11 is 0. The third kappa shape index (κ3) is 5.20. The molecule has 6 rings (SSSR count). The number of carboxylic acid groups (broad SMARTS) is 1. The van der Waals surface area contributed by atoms with Crippen LogP contribution in [0, 0.1) is 17.5 Å². The first-order chi connectivity index (χ1) is 21.3. The summed E-state index contributed by atoms with van der Waals surface area (Å²) in [6.07, 6.45) is 4.69. The second kappa shape index (κ2) is 11.0. The number of nitrogens with zero attached hydrogens (tertiary/aromatic N) is 2. The van der Waals surface area contributed by atoms with Gasteiger partial charge in [-0.05, 0) is 49.6 Å². The van der Waals surface area contributed by atoms with Crippen LogP contribution in [0.3, 0.4) is 0 Å². The summed E-state index contributed by atoms with van der Waals surface area (Å²) in [7, 11) is -2.42. The summed E-state index contributed by atoms with van der Waals surface area (Å²) in [6.45, 7) is 2.34. The molecule has 5 aromatic rings. The number of carbonyl (C=O) groups is 1. The Morgan fingerprint density at radius 1 is 1.18 bits per heavy atom. The number of imidazole rings is 1. The molecule has 0 saturated carbocycles. The van der Waals surface area contributed by atoms with Gasteiger partial charge in [0.15, 0.2) is 21.4 Å². The lowest BCUT2D eigenvalue weighted by atomic mass is 9.74. The Kier molecular flexibility index (Phi) is 7.39. The van der Waals surface area contributed by atoms with Gasteiger partial charge in [-0.15, -0.1) is 0 Å². The molecule has 2 N–H and O–H groups in total. The number of fused-ring (bicyclic) bond motifs is 2. The normalized spacial score (nSPS) is 16.4. The maximum Gasteiger partial charge on any atom is 0.303 e. The topological polar surface area (TPSA) is 124 Å². The summed E-state index contributed by atoms with van der Waals surface area (Å²) < 4.78 is 84.0. The van der Waals surface area contributed by atoms with Gasteiger partial charge in [0.05, 0.1) is 23.4 Å². The molecule has 0 saturated heterocycles. The number of aromatic amines is 1. The van der Waals surface area contributed by atoms with E-state index in [1.54, 1.807) is 17.8 Å². The van der Waals surface area contributed by atoms with Crippen molar-refractivity contribution in [3.8, 4) is 28.6 Å². The Bertz CT molecular complexity index is 2110. The van der Waals surface area contributed by atoms with E-state index in [0.29, 0.717) is 30.9 Å². The zero-order valence-corrected chi connectivity index (χ0v) is 25.3. The standard InChI is InChI=1S/C32H28F3N3O6S/c1-32(12-14-43-28-17(7-10-24(39)40)5-4-6-21(28)32)23-16-38(2)31(37-23)20-15-18(8-9-22(20)33)44-29-26(35)25(34)27-19(11-13-36-27)30(29)45(3,41)42/h4-6,8-9,11,13,15-16,36H,7,10,12,14H2,1-3H3,(H,39,40)/t32-/m1/s1. The van der Waals surface area contributed by atoms with Crippen molar-refractivity contribution in [3.05, 3.63) is 89.1 Å². The zero-order valence-electron chi connectivity index (χ0n) is 24.4. The molecular formula is C32H28F3N3O6S. The number of carboxylic acids is 1. The van der Waals surface area contributed by atoms with Crippen molar-refractivity contribution in [2.24, 2.45) is 7.05 Å². The molecule has 3 heterocycles. The van der Waals surface area contributed by atoms with Gasteiger partial charge in [-0.25, -0.2) is 22.2 Å². The Labute approximate surface area is 256 Å². The van der Waals surface area contributed by atoms with E-state index in [1.165, 1.54) is 24.4 Å². The van der Waals surface area contributed by atoms with E-state index in [2.05, 4.69) is 4.98 Å². The average Bonchev–Trinajstić information content (AvgIpc) is 3.62. The predicted molar refractivity (Wildman–Crippen MR) is 159 cm³/mol. The molecule has 0 aliphatic carbocycles. The molecule has 0 radical (unpaired) electrons. The lowest BCUT2D eigenvalue weighted by Gasteiger charge is -2.35.